The number of methoxy groups -OCH3 is 2. The van der Waals surface area contributed by atoms with E-state index in [2.05, 4.69) is 15.0 Å². The molecular formula is C22H22FN5O3. The summed E-state index contributed by atoms with van der Waals surface area (Å²) in [5, 5.41) is 4.19. The highest BCUT2D eigenvalue weighted by Gasteiger charge is 2.17. The van der Waals surface area contributed by atoms with E-state index in [9.17, 15) is 4.53 Å². The molecule has 0 unspecified atom stereocenters. The summed E-state index contributed by atoms with van der Waals surface area (Å²) in [7, 11) is 5.02. The number of hydrogen-bond donors (Lipinski definition) is 0. The van der Waals surface area contributed by atoms with Gasteiger partial charge in [0.2, 0.25) is 0 Å². The highest BCUT2D eigenvalue weighted by atomic mass is 19.3. The minimum Gasteiger partial charge on any atom is -0.497 e. The fourth-order valence-corrected chi connectivity index (χ4v) is 3.38. The number of hydrogen-bond acceptors (Lipinski definition) is 7. The number of nitrogens with zero attached hydrogens (tertiary/aromatic N) is 5. The van der Waals surface area contributed by atoms with Crippen molar-refractivity contribution >= 4 is 22.4 Å². The van der Waals surface area contributed by atoms with Gasteiger partial charge in [-0.25, -0.2) is 4.98 Å². The van der Waals surface area contributed by atoms with Crippen LogP contribution in [0.3, 0.4) is 0 Å². The van der Waals surface area contributed by atoms with Crippen molar-refractivity contribution in [1.29, 1.82) is 0 Å². The van der Waals surface area contributed by atoms with E-state index >= 15 is 0 Å². The quantitative estimate of drug-likeness (QED) is 0.423. The van der Waals surface area contributed by atoms with Crippen LogP contribution in [0.4, 0.5) is 15.9 Å². The largest absolute Gasteiger partial charge is 0.497 e. The average molecular weight is 423 g/mol. The second-order valence-corrected chi connectivity index (χ2v) is 6.83. The predicted molar refractivity (Wildman–Crippen MR) is 115 cm³/mol. The summed E-state index contributed by atoms with van der Waals surface area (Å²) in [6, 6.07) is 11.1. The van der Waals surface area contributed by atoms with E-state index in [1.54, 1.807) is 43.4 Å². The third kappa shape index (κ3) is 4.26. The molecule has 9 heteroatoms. The van der Waals surface area contributed by atoms with E-state index in [0.29, 0.717) is 17.0 Å². The highest BCUT2D eigenvalue weighted by molar-refractivity contribution is 5.83. The lowest BCUT2D eigenvalue weighted by Crippen LogP contribution is -2.22. The third-order valence-corrected chi connectivity index (χ3v) is 4.91. The Morgan fingerprint density at radius 3 is 2.61 bits per heavy atom. The molecular weight excluding hydrogens is 401 g/mol. The van der Waals surface area contributed by atoms with Crippen molar-refractivity contribution < 1.29 is 18.9 Å². The van der Waals surface area contributed by atoms with E-state index < -0.39 is 0 Å². The molecule has 0 amide bonds. The third-order valence-electron chi connectivity index (χ3n) is 4.91. The predicted octanol–water partition coefficient (Wildman–Crippen LogP) is 4.09. The minimum absolute atomic E-state index is 0.125. The molecule has 0 spiro atoms. The van der Waals surface area contributed by atoms with Gasteiger partial charge in [-0.05, 0) is 34.9 Å². The molecule has 0 aliphatic carbocycles. The van der Waals surface area contributed by atoms with Crippen LogP contribution in [0.15, 0.2) is 55.0 Å². The molecule has 0 atom stereocenters. The van der Waals surface area contributed by atoms with E-state index in [1.807, 2.05) is 42.4 Å². The summed E-state index contributed by atoms with van der Waals surface area (Å²) < 4.78 is 25.2. The first kappa shape index (κ1) is 20.5. The monoisotopic (exact) mass is 423 g/mol. The number of aryl methyl sites for hydroxylation is 1. The number of anilines is 2. The minimum atomic E-state index is -0.125. The average Bonchev–Trinajstić information content (AvgIpc) is 3.25. The van der Waals surface area contributed by atoms with Gasteiger partial charge in [0, 0.05) is 30.6 Å². The number of halogens is 1. The molecule has 160 valence electrons. The van der Waals surface area contributed by atoms with E-state index in [0.717, 1.165) is 28.1 Å². The van der Waals surface area contributed by atoms with Crippen LogP contribution in [-0.4, -0.2) is 47.1 Å². The van der Waals surface area contributed by atoms with Gasteiger partial charge in [0.15, 0.2) is 0 Å². The summed E-state index contributed by atoms with van der Waals surface area (Å²) in [5.74, 6) is 1.27. The van der Waals surface area contributed by atoms with Gasteiger partial charge in [-0.2, -0.15) is 10.0 Å². The van der Waals surface area contributed by atoms with E-state index in [1.165, 1.54) is 0 Å². The van der Waals surface area contributed by atoms with Crippen LogP contribution in [0.5, 0.6) is 11.5 Å². The molecule has 4 aromatic rings. The Kier molecular flexibility index (Phi) is 5.94. The molecule has 0 aliphatic heterocycles. The molecule has 0 fully saturated rings. The number of ether oxygens (including phenoxy) is 2. The van der Waals surface area contributed by atoms with Crippen LogP contribution in [0.1, 0.15) is 0 Å². The van der Waals surface area contributed by atoms with Crippen molar-refractivity contribution in [1.82, 2.24) is 19.7 Å². The van der Waals surface area contributed by atoms with Crippen molar-refractivity contribution in [3.05, 3.63) is 55.0 Å². The van der Waals surface area contributed by atoms with Crippen LogP contribution < -0.4 is 14.4 Å². The Bertz CT molecular complexity index is 1200. The second kappa shape index (κ2) is 8.97. The van der Waals surface area contributed by atoms with Gasteiger partial charge in [-0.15, -0.1) is 0 Å². The zero-order valence-electron chi connectivity index (χ0n) is 17.4. The maximum atomic E-state index is 12.6. The zero-order valence-corrected chi connectivity index (χ0v) is 17.4. The molecule has 4 rings (SSSR count). The molecule has 0 saturated carbocycles. The topological polar surface area (TPSA) is 74.5 Å². The van der Waals surface area contributed by atoms with Gasteiger partial charge in [-0.3, -0.25) is 9.67 Å². The van der Waals surface area contributed by atoms with Crippen molar-refractivity contribution in [3.63, 3.8) is 0 Å². The summed E-state index contributed by atoms with van der Waals surface area (Å²) in [5.41, 5.74) is 4.54. The number of benzene rings is 2. The second-order valence-electron chi connectivity index (χ2n) is 6.83. The molecule has 0 bridgehead atoms. The lowest BCUT2D eigenvalue weighted by atomic mass is 10.2. The highest BCUT2D eigenvalue weighted by Crippen LogP contribution is 2.37. The maximum Gasteiger partial charge on any atom is 0.142 e. The Morgan fingerprint density at radius 2 is 1.90 bits per heavy atom. The Morgan fingerprint density at radius 1 is 1.03 bits per heavy atom. The van der Waals surface area contributed by atoms with Gasteiger partial charge in [0.25, 0.3) is 0 Å². The summed E-state index contributed by atoms with van der Waals surface area (Å²) in [6.45, 7) is 0.126. The van der Waals surface area contributed by atoms with Crippen molar-refractivity contribution in [2.24, 2.45) is 7.05 Å². The Hall–Kier alpha value is -3.72. The van der Waals surface area contributed by atoms with Crippen LogP contribution in [-0.2, 0) is 12.0 Å². The SMILES string of the molecule is COc1ccc(OC)c(N(CCOF)c2ccc3ncc(-c4cnn(C)c4)nc3c2)c1. The van der Waals surface area contributed by atoms with E-state index in [4.69, 9.17) is 14.5 Å². The maximum absolute atomic E-state index is 12.6. The molecule has 2 aromatic carbocycles. The van der Waals surface area contributed by atoms with Crippen molar-refractivity contribution in [3.8, 4) is 22.8 Å². The summed E-state index contributed by atoms with van der Waals surface area (Å²) in [4.78, 5) is 15.0. The molecule has 8 nitrogen and oxygen atoms in total. The lowest BCUT2D eigenvalue weighted by Gasteiger charge is -2.26. The Labute approximate surface area is 178 Å². The standard InChI is InChI=1S/C22H22FN5O3/c1-27-14-15(12-25-27)20-13-24-18-6-4-16(10-19(18)26-20)28(8-9-31-23)21-11-17(29-2)5-7-22(21)30-3/h4-7,10-14H,8-9H2,1-3H3. The van der Waals surface area contributed by atoms with Gasteiger partial charge in [-0.1, -0.05) is 0 Å². The van der Waals surface area contributed by atoms with Gasteiger partial charge in [0.1, 0.15) is 18.1 Å². The fourth-order valence-electron chi connectivity index (χ4n) is 3.38. The zero-order chi connectivity index (χ0) is 21.8. The number of aromatic nitrogens is 4. The van der Waals surface area contributed by atoms with Gasteiger partial charge >= 0.3 is 0 Å². The molecule has 31 heavy (non-hydrogen) atoms. The first-order valence-electron chi connectivity index (χ1n) is 9.62. The lowest BCUT2D eigenvalue weighted by molar-refractivity contribution is -0.128. The number of rotatable bonds is 8. The summed E-state index contributed by atoms with van der Waals surface area (Å²) >= 11 is 0. The summed E-state index contributed by atoms with van der Waals surface area (Å²) in [6.07, 6.45) is 5.34. The van der Waals surface area contributed by atoms with Gasteiger partial charge in [0.05, 0.1) is 55.6 Å². The van der Waals surface area contributed by atoms with Crippen LogP contribution >= 0.6 is 0 Å². The van der Waals surface area contributed by atoms with Crippen LogP contribution in [0.2, 0.25) is 0 Å². The Balaban J connectivity index is 1.80. The van der Waals surface area contributed by atoms with Gasteiger partial charge < -0.3 is 14.4 Å². The fraction of sp³-hybridized carbons (Fsp3) is 0.227. The van der Waals surface area contributed by atoms with E-state index in [-0.39, 0.29) is 13.2 Å². The molecule has 2 aromatic heterocycles. The molecule has 0 N–H and O–H groups in total. The smallest absolute Gasteiger partial charge is 0.142 e. The molecule has 0 aliphatic rings. The normalized spacial score (nSPS) is 11.0. The molecule has 2 heterocycles. The first-order valence-corrected chi connectivity index (χ1v) is 9.62. The van der Waals surface area contributed by atoms with Crippen molar-refractivity contribution in [2.45, 2.75) is 0 Å². The first-order chi connectivity index (χ1) is 15.1. The molecule has 0 saturated heterocycles. The van der Waals surface area contributed by atoms with Crippen LogP contribution in [0, 0.1) is 0 Å². The van der Waals surface area contributed by atoms with Crippen LogP contribution in [0.25, 0.3) is 22.3 Å². The molecule has 0 radical (unpaired) electrons. The van der Waals surface area contributed by atoms with Crippen molar-refractivity contribution in [2.75, 3.05) is 32.3 Å². The number of fused-ring (bicyclic) bond motifs is 1.